The zero-order valence-corrected chi connectivity index (χ0v) is 17.0. The van der Waals surface area contributed by atoms with E-state index in [1.54, 1.807) is 18.3 Å². The van der Waals surface area contributed by atoms with E-state index in [2.05, 4.69) is 25.6 Å². The number of aryl methyl sites for hydroxylation is 1. The fourth-order valence-corrected chi connectivity index (χ4v) is 3.02. The molecule has 31 heavy (non-hydrogen) atoms. The molecule has 4 rings (SSSR count). The van der Waals surface area contributed by atoms with Gasteiger partial charge in [-0.15, -0.1) is 0 Å². The van der Waals surface area contributed by atoms with Crippen molar-refractivity contribution >= 4 is 11.7 Å². The highest BCUT2D eigenvalue weighted by molar-refractivity contribution is 5.97. The average Bonchev–Trinajstić information content (AvgIpc) is 3.24. The minimum atomic E-state index is -0.203. The largest absolute Gasteiger partial charge is 0.457 e. The molecule has 0 saturated heterocycles. The maximum absolute atomic E-state index is 12.7. The number of hydrogen-bond acceptors (Lipinski definition) is 6. The summed E-state index contributed by atoms with van der Waals surface area (Å²) in [5, 5.41) is 6.10. The van der Waals surface area contributed by atoms with Gasteiger partial charge in [0.15, 0.2) is 0 Å². The maximum Gasteiger partial charge on any atom is 0.255 e. The summed E-state index contributed by atoms with van der Waals surface area (Å²) in [5.74, 6) is 3.22. The van der Waals surface area contributed by atoms with E-state index in [4.69, 9.17) is 4.74 Å². The molecule has 156 valence electrons. The predicted octanol–water partition coefficient (Wildman–Crippen LogP) is 3.60. The van der Waals surface area contributed by atoms with E-state index < -0.39 is 0 Å². The van der Waals surface area contributed by atoms with Gasteiger partial charge < -0.3 is 15.4 Å². The molecule has 2 aromatic heterocycles. The van der Waals surface area contributed by atoms with Crippen LogP contribution in [0.5, 0.6) is 11.5 Å². The lowest BCUT2D eigenvalue weighted by molar-refractivity contribution is 0.0953. The van der Waals surface area contributed by atoms with Crippen LogP contribution < -0.4 is 15.4 Å². The normalized spacial score (nSPS) is 10.5. The molecule has 0 fully saturated rings. The van der Waals surface area contributed by atoms with Crippen LogP contribution in [0.4, 0.5) is 5.82 Å². The van der Waals surface area contributed by atoms with Crippen LogP contribution in [0.3, 0.4) is 0 Å². The number of aromatic nitrogens is 4. The Labute approximate surface area is 180 Å². The minimum absolute atomic E-state index is 0.203. The van der Waals surface area contributed by atoms with Crippen LogP contribution in [-0.2, 0) is 0 Å². The first-order valence-corrected chi connectivity index (χ1v) is 9.87. The molecule has 0 radical (unpaired) electrons. The number of hydrogen-bond donors (Lipinski definition) is 2. The van der Waals surface area contributed by atoms with Crippen molar-refractivity contribution in [2.75, 3.05) is 18.4 Å². The van der Waals surface area contributed by atoms with Crippen molar-refractivity contribution in [3.8, 4) is 17.3 Å². The van der Waals surface area contributed by atoms with Crippen LogP contribution in [0.2, 0.25) is 0 Å². The highest BCUT2D eigenvalue weighted by Crippen LogP contribution is 2.24. The van der Waals surface area contributed by atoms with Crippen LogP contribution in [0.25, 0.3) is 5.82 Å². The second-order valence-corrected chi connectivity index (χ2v) is 6.70. The Bertz CT molecular complexity index is 1160. The van der Waals surface area contributed by atoms with Crippen molar-refractivity contribution < 1.29 is 9.53 Å². The number of amides is 1. The van der Waals surface area contributed by atoms with E-state index in [-0.39, 0.29) is 5.91 Å². The average molecular weight is 414 g/mol. The van der Waals surface area contributed by atoms with Crippen molar-refractivity contribution in [3.63, 3.8) is 0 Å². The van der Waals surface area contributed by atoms with Crippen molar-refractivity contribution in [2.45, 2.75) is 6.92 Å². The molecule has 8 heteroatoms. The summed E-state index contributed by atoms with van der Waals surface area (Å²) in [6.45, 7) is 2.83. The molecule has 0 aliphatic heterocycles. The third-order valence-electron chi connectivity index (χ3n) is 4.54. The number of carbonyl (C=O) groups excluding carboxylic acids is 1. The smallest absolute Gasteiger partial charge is 0.255 e. The molecule has 2 aromatic carbocycles. The number of imidazole rings is 1. The van der Waals surface area contributed by atoms with Crippen LogP contribution in [0.15, 0.2) is 79.4 Å². The van der Waals surface area contributed by atoms with Crippen LogP contribution in [-0.4, -0.2) is 38.5 Å². The lowest BCUT2D eigenvalue weighted by Gasteiger charge is -2.12. The van der Waals surface area contributed by atoms with Gasteiger partial charge in [-0.05, 0) is 31.2 Å². The van der Waals surface area contributed by atoms with Gasteiger partial charge in [0, 0.05) is 31.5 Å². The molecule has 0 atom stereocenters. The standard InChI is InChI=1S/C23H22N6O2/c1-17-24-13-14-29(17)22-15-21(27-16-28-22)25-11-12-26-23(30)19-9-5-6-10-20(19)31-18-7-3-2-4-8-18/h2-10,13-16H,11-12H2,1H3,(H,26,30)(H,25,27,28). The third kappa shape index (κ3) is 5.05. The van der Waals surface area contributed by atoms with Gasteiger partial charge in [0.2, 0.25) is 0 Å². The first-order chi connectivity index (χ1) is 15.2. The first-order valence-electron chi connectivity index (χ1n) is 9.87. The van der Waals surface area contributed by atoms with Crippen molar-refractivity contribution in [1.29, 1.82) is 0 Å². The Morgan fingerprint density at radius 3 is 2.61 bits per heavy atom. The summed E-state index contributed by atoms with van der Waals surface area (Å²) in [6.07, 6.45) is 5.06. The molecule has 2 N–H and O–H groups in total. The maximum atomic E-state index is 12.7. The van der Waals surface area contributed by atoms with Gasteiger partial charge in [-0.3, -0.25) is 9.36 Å². The van der Waals surface area contributed by atoms with Gasteiger partial charge in [-0.25, -0.2) is 15.0 Å². The highest BCUT2D eigenvalue weighted by Gasteiger charge is 2.12. The fraction of sp³-hybridized carbons (Fsp3) is 0.130. The molecule has 0 unspecified atom stereocenters. The van der Waals surface area contributed by atoms with Crippen LogP contribution in [0, 0.1) is 6.92 Å². The summed E-state index contributed by atoms with van der Waals surface area (Å²) in [4.78, 5) is 25.4. The number of anilines is 1. The quantitative estimate of drug-likeness (QED) is 0.428. The Balaban J connectivity index is 1.33. The topological polar surface area (TPSA) is 94.0 Å². The Morgan fingerprint density at radius 1 is 1.00 bits per heavy atom. The van der Waals surface area contributed by atoms with Gasteiger partial charge in [-0.2, -0.15) is 0 Å². The molecular formula is C23H22N6O2. The molecule has 0 spiro atoms. The molecule has 0 aliphatic rings. The predicted molar refractivity (Wildman–Crippen MR) is 118 cm³/mol. The van der Waals surface area contributed by atoms with Crippen LogP contribution in [0.1, 0.15) is 16.2 Å². The van der Waals surface area contributed by atoms with E-state index in [0.717, 1.165) is 11.6 Å². The van der Waals surface area contributed by atoms with Gasteiger partial charge >= 0.3 is 0 Å². The van der Waals surface area contributed by atoms with E-state index in [0.29, 0.717) is 36.0 Å². The summed E-state index contributed by atoms with van der Waals surface area (Å²) in [6, 6.07) is 18.4. The third-order valence-corrected chi connectivity index (χ3v) is 4.54. The molecule has 2 heterocycles. The number of rotatable bonds is 8. The number of nitrogens with one attached hydrogen (secondary N) is 2. The molecule has 8 nitrogen and oxygen atoms in total. The monoisotopic (exact) mass is 414 g/mol. The van der Waals surface area contributed by atoms with Crippen molar-refractivity contribution in [3.05, 3.63) is 90.8 Å². The molecule has 1 amide bonds. The summed E-state index contributed by atoms with van der Waals surface area (Å²) >= 11 is 0. The Hall–Kier alpha value is -4.20. The number of nitrogens with zero attached hydrogens (tertiary/aromatic N) is 4. The summed E-state index contributed by atoms with van der Waals surface area (Å²) < 4.78 is 7.74. The lowest BCUT2D eigenvalue weighted by Crippen LogP contribution is -2.29. The second kappa shape index (κ2) is 9.53. The summed E-state index contributed by atoms with van der Waals surface area (Å²) in [5.41, 5.74) is 0.478. The number of carbonyl (C=O) groups is 1. The van der Waals surface area contributed by atoms with Crippen molar-refractivity contribution in [2.24, 2.45) is 0 Å². The first kappa shape index (κ1) is 20.1. The van der Waals surface area contributed by atoms with Gasteiger partial charge in [0.1, 0.15) is 35.3 Å². The zero-order valence-electron chi connectivity index (χ0n) is 17.0. The Morgan fingerprint density at radius 2 is 1.81 bits per heavy atom. The summed E-state index contributed by atoms with van der Waals surface area (Å²) in [7, 11) is 0. The van der Waals surface area contributed by atoms with E-state index in [9.17, 15) is 4.79 Å². The van der Waals surface area contributed by atoms with E-state index in [1.165, 1.54) is 6.33 Å². The second-order valence-electron chi connectivity index (χ2n) is 6.70. The molecule has 4 aromatic rings. The fourth-order valence-electron chi connectivity index (χ4n) is 3.02. The Kier molecular flexibility index (Phi) is 6.18. The van der Waals surface area contributed by atoms with E-state index >= 15 is 0 Å². The highest BCUT2D eigenvalue weighted by atomic mass is 16.5. The number of benzene rings is 2. The van der Waals surface area contributed by atoms with Gasteiger partial charge in [-0.1, -0.05) is 30.3 Å². The van der Waals surface area contributed by atoms with E-state index in [1.807, 2.05) is 66.2 Å². The van der Waals surface area contributed by atoms with Gasteiger partial charge in [0.05, 0.1) is 5.56 Å². The molecule has 0 saturated carbocycles. The molecule has 0 bridgehead atoms. The SMILES string of the molecule is Cc1nccn1-c1cc(NCCNC(=O)c2ccccc2Oc2ccccc2)ncn1. The zero-order chi connectivity index (χ0) is 21.5. The lowest BCUT2D eigenvalue weighted by atomic mass is 10.2. The minimum Gasteiger partial charge on any atom is -0.457 e. The van der Waals surface area contributed by atoms with Crippen LogP contribution >= 0.6 is 0 Å². The number of ether oxygens (including phenoxy) is 1. The van der Waals surface area contributed by atoms with Gasteiger partial charge in [0.25, 0.3) is 5.91 Å². The molecular weight excluding hydrogens is 392 g/mol. The number of para-hydroxylation sites is 2. The van der Waals surface area contributed by atoms with Crippen molar-refractivity contribution in [1.82, 2.24) is 24.8 Å². The molecule has 0 aliphatic carbocycles.